The van der Waals surface area contributed by atoms with Crippen molar-refractivity contribution in [3.8, 4) is 0 Å². The molecule has 0 saturated heterocycles. The first-order valence-corrected chi connectivity index (χ1v) is 1.86. The van der Waals surface area contributed by atoms with E-state index in [1.54, 1.807) is 0 Å². The van der Waals surface area contributed by atoms with Gasteiger partial charge >= 0.3 is 41.6 Å². The van der Waals surface area contributed by atoms with Gasteiger partial charge in [-0.3, -0.25) is 0 Å². The van der Waals surface area contributed by atoms with Crippen LogP contribution in [0.2, 0.25) is 0 Å². The molecule has 0 spiro atoms. The summed E-state index contributed by atoms with van der Waals surface area (Å²) in [6.45, 7) is 0. The molecule has 0 aromatic carbocycles. The van der Waals surface area contributed by atoms with Crippen molar-refractivity contribution in [3.63, 3.8) is 0 Å². The zero-order chi connectivity index (χ0) is 4.28. The summed E-state index contributed by atoms with van der Waals surface area (Å²) in [6, 6.07) is 0. The van der Waals surface area contributed by atoms with Crippen LogP contribution in [0.25, 0.3) is 0 Å². The summed E-state index contributed by atoms with van der Waals surface area (Å²) in [7, 11) is 0. The topological polar surface area (TPSA) is 46.5 Å². The molecule has 0 amide bonds. The molecule has 0 radical (unpaired) electrons. The van der Waals surface area contributed by atoms with Crippen LogP contribution < -0.4 is 18.9 Å². The molecular formula is CH4AlLiO3. The van der Waals surface area contributed by atoms with Crippen molar-refractivity contribution >= 4 is 22.8 Å². The average molecular weight is 98.0 g/mol. The minimum absolute atomic E-state index is 0. The molecule has 0 rings (SSSR count). The zero-order valence-corrected chi connectivity index (χ0v) is 5.76. The second-order valence-electron chi connectivity index (χ2n) is 0.470. The Kier molecular flexibility index (Phi) is 8.68. The van der Waals surface area contributed by atoms with Gasteiger partial charge in [-0.05, 0) is 0 Å². The Morgan fingerprint density at radius 1 is 2.00 bits per heavy atom. The largest absolute Gasteiger partial charge is 1.00 e. The summed E-state index contributed by atoms with van der Waals surface area (Å²) in [5.74, 6) is 0. The van der Waals surface area contributed by atoms with Crippen LogP contribution in [-0.2, 0) is 3.79 Å². The fraction of sp³-hybridized carbons (Fsp3) is 0. The van der Waals surface area contributed by atoms with E-state index in [0.717, 1.165) is 0 Å². The van der Waals surface area contributed by atoms with Crippen molar-refractivity contribution in [2.45, 2.75) is 0 Å². The zero-order valence-electron chi connectivity index (χ0n) is 4.76. The van der Waals surface area contributed by atoms with Gasteiger partial charge in [0.25, 0.3) is 0 Å². The summed E-state index contributed by atoms with van der Waals surface area (Å²) in [4.78, 5) is 9.18. The first-order chi connectivity index (χ1) is 2.27. The fourth-order valence-corrected chi connectivity index (χ4v) is 0. The van der Waals surface area contributed by atoms with Gasteiger partial charge < -0.3 is 10.3 Å². The third-order valence-corrected chi connectivity index (χ3v) is 0.524. The molecule has 6 heavy (non-hydrogen) atoms. The standard InChI is InChI=1S/CH2O3.Al.Li.3H/c2-1(3)4;;;;;/h(H2,2,3,4);;;;;/q;2*+1;;;-1/p-1. The van der Waals surface area contributed by atoms with E-state index in [2.05, 4.69) is 3.79 Å². The molecule has 3 nitrogen and oxygen atoms in total. The van der Waals surface area contributed by atoms with Crippen LogP contribution in [0.4, 0.5) is 4.79 Å². The summed E-state index contributed by atoms with van der Waals surface area (Å²) in [5, 5.41) is 7.53. The van der Waals surface area contributed by atoms with Crippen LogP contribution in [0.5, 0.6) is 0 Å². The summed E-state index contributed by atoms with van der Waals surface area (Å²) >= 11 is 0.274. The SMILES string of the molecule is O=C(O)[O][AlH2].[H-].[Li+]. The molecule has 0 aromatic heterocycles. The number of carboxylic acid groups (broad SMARTS) is 1. The van der Waals surface area contributed by atoms with Crippen molar-refractivity contribution in [1.82, 2.24) is 0 Å². The van der Waals surface area contributed by atoms with E-state index < -0.39 is 6.16 Å². The van der Waals surface area contributed by atoms with Gasteiger partial charge in [0.05, 0.1) is 0 Å². The summed E-state index contributed by atoms with van der Waals surface area (Å²) < 4.78 is 3.81. The maximum atomic E-state index is 9.18. The molecule has 0 saturated carbocycles. The van der Waals surface area contributed by atoms with Crippen molar-refractivity contribution in [2.24, 2.45) is 0 Å². The van der Waals surface area contributed by atoms with E-state index in [1.165, 1.54) is 0 Å². The van der Waals surface area contributed by atoms with Gasteiger partial charge in [0, 0.05) is 0 Å². The van der Waals surface area contributed by atoms with E-state index in [1.807, 2.05) is 0 Å². The van der Waals surface area contributed by atoms with Crippen molar-refractivity contribution in [3.05, 3.63) is 0 Å². The molecule has 0 unspecified atom stereocenters. The van der Waals surface area contributed by atoms with Gasteiger partial charge in [0.2, 0.25) is 0 Å². The quantitative estimate of drug-likeness (QED) is 0.318. The molecule has 1 N–H and O–H groups in total. The molecule has 0 aliphatic carbocycles. The Bertz CT molecular complexity index is 50.2. The number of hydrogen-bond donors (Lipinski definition) is 1. The second-order valence-corrected chi connectivity index (χ2v) is 0.878. The average Bonchev–Trinajstić information content (AvgIpc) is 1.38. The first-order valence-electron chi connectivity index (χ1n) is 1.04. The molecule has 0 aliphatic heterocycles. The van der Waals surface area contributed by atoms with Crippen LogP contribution in [0.15, 0.2) is 0 Å². The second kappa shape index (κ2) is 5.40. The minimum Gasteiger partial charge on any atom is -1.00 e. The van der Waals surface area contributed by atoms with Crippen LogP contribution in [-0.4, -0.2) is 27.9 Å². The van der Waals surface area contributed by atoms with Crippen molar-refractivity contribution < 1.29 is 34.0 Å². The number of hydrogen-bond acceptors (Lipinski definition) is 2. The van der Waals surface area contributed by atoms with Gasteiger partial charge in [0.15, 0.2) is 0 Å². The Balaban J connectivity index is -0.0000000800. The Labute approximate surface area is 57.1 Å². The molecule has 0 heterocycles. The van der Waals surface area contributed by atoms with Gasteiger partial charge in [0.1, 0.15) is 0 Å². The maximum Gasteiger partial charge on any atom is 1.00 e. The molecule has 0 fully saturated rings. The smallest absolute Gasteiger partial charge is 1.00 e. The van der Waals surface area contributed by atoms with Gasteiger partial charge in [-0.1, -0.05) is 0 Å². The van der Waals surface area contributed by atoms with Crippen LogP contribution in [0, 0.1) is 0 Å². The summed E-state index contributed by atoms with van der Waals surface area (Å²) in [5.41, 5.74) is 0. The van der Waals surface area contributed by atoms with Crippen LogP contribution >= 0.6 is 0 Å². The fourth-order valence-electron chi connectivity index (χ4n) is 0. The van der Waals surface area contributed by atoms with Crippen molar-refractivity contribution in [2.75, 3.05) is 0 Å². The molecule has 5 heteroatoms. The number of carbonyl (C=O) groups is 1. The Morgan fingerprint density at radius 2 is 2.17 bits per heavy atom. The molecule has 0 aliphatic rings. The number of rotatable bonds is 0. The Hall–Kier alpha value is 0.400. The van der Waals surface area contributed by atoms with Gasteiger partial charge in [-0.15, -0.1) is 0 Å². The third kappa shape index (κ3) is 8.83. The van der Waals surface area contributed by atoms with E-state index in [9.17, 15) is 4.79 Å². The first kappa shape index (κ1) is 9.64. The predicted octanol–water partition coefficient (Wildman–Crippen LogP) is -3.65. The third-order valence-electron chi connectivity index (χ3n) is 0.175. The van der Waals surface area contributed by atoms with E-state index in [-0.39, 0.29) is 36.9 Å². The van der Waals surface area contributed by atoms with Gasteiger partial charge in [-0.2, -0.15) is 0 Å². The van der Waals surface area contributed by atoms with Crippen LogP contribution in [0.1, 0.15) is 1.43 Å². The molecule has 30 valence electrons. The van der Waals surface area contributed by atoms with Crippen molar-refractivity contribution in [1.29, 1.82) is 0 Å². The normalized spacial score (nSPS) is 5.33. The van der Waals surface area contributed by atoms with E-state index in [4.69, 9.17) is 5.11 Å². The molecule has 0 bridgehead atoms. The maximum absolute atomic E-state index is 9.18. The van der Waals surface area contributed by atoms with E-state index in [0.29, 0.717) is 0 Å². The molecular weight excluding hydrogens is 93.9 g/mol. The monoisotopic (exact) mass is 98.0 g/mol. The van der Waals surface area contributed by atoms with E-state index >= 15 is 0 Å². The molecule has 0 aromatic rings. The predicted molar refractivity (Wildman–Crippen MR) is 18.8 cm³/mol. The minimum atomic E-state index is -1.18. The van der Waals surface area contributed by atoms with Gasteiger partial charge in [-0.25, -0.2) is 4.79 Å². The summed E-state index contributed by atoms with van der Waals surface area (Å²) in [6.07, 6.45) is -1.18. The Morgan fingerprint density at radius 3 is 2.17 bits per heavy atom. The van der Waals surface area contributed by atoms with Crippen LogP contribution in [0.3, 0.4) is 0 Å². The molecule has 0 atom stereocenters.